The maximum atomic E-state index is 12.4. The molecule has 0 aliphatic carbocycles. The van der Waals surface area contributed by atoms with Crippen molar-refractivity contribution < 1.29 is 28.6 Å². The SMILES string of the molecule is N#Cc1ccccc1F.N#Cc1ccccc1F.O=C(O)/C=C/C(=O)O. The summed E-state index contributed by atoms with van der Waals surface area (Å²) in [6.07, 6.45) is 1.12. The number of nitriles is 2. The fraction of sp³-hybridized carbons (Fsp3) is 0. The first kappa shape index (κ1) is 22.0. The van der Waals surface area contributed by atoms with E-state index in [1.807, 2.05) is 0 Å². The largest absolute Gasteiger partial charge is 0.478 e. The first-order valence-corrected chi connectivity index (χ1v) is 6.75. The number of benzene rings is 2. The standard InChI is InChI=1S/2C7H4FN.C4H4O4/c2*8-7-4-2-1-3-6(7)5-9;5-3(6)1-2-4(7)8/h2*1-4H;1-2H,(H,5,6)(H,7,8)/b;;2-1+. The lowest BCUT2D eigenvalue weighted by Gasteiger charge is -1.86. The van der Waals surface area contributed by atoms with E-state index in [2.05, 4.69) is 0 Å². The minimum Gasteiger partial charge on any atom is -0.478 e. The van der Waals surface area contributed by atoms with Gasteiger partial charge in [-0.15, -0.1) is 0 Å². The molecule has 0 saturated heterocycles. The van der Waals surface area contributed by atoms with E-state index in [-0.39, 0.29) is 11.1 Å². The second-order valence-corrected chi connectivity index (χ2v) is 4.19. The lowest BCUT2D eigenvalue weighted by molar-refractivity contribution is -0.134. The Kier molecular flexibility index (Phi) is 10.5. The molecule has 132 valence electrons. The van der Waals surface area contributed by atoms with Crippen LogP contribution in [0.25, 0.3) is 0 Å². The summed E-state index contributed by atoms with van der Waals surface area (Å²) in [5, 5.41) is 32.1. The molecule has 0 aromatic heterocycles. The van der Waals surface area contributed by atoms with E-state index in [0.717, 1.165) is 0 Å². The number of aliphatic carboxylic acids is 2. The third-order valence-electron chi connectivity index (χ3n) is 2.36. The van der Waals surface area contributed by atoms with E-state index in [4.69, 9.17) is 20.7 Å². The zero-order valence-electron chi connectivity index (χ0n) is 13.1. The Morgan fingerprint density at radius 2 is 1.08 bits per heavy atom. The van der Waals surface area contributed by atoms with Crippen LogP contribution in [0.1, 0.15) is 11.1 Å². The average Bonchev–Trinajstić information content (AvgIpc) is 2.62. The van der Waals surface area contributed by atoms with E-state index in [9.17, 15) is 18.4 Å². The lowest BCUT2D eigenvalue weighted by Crippen LogP contribution is -1.91. The summed E-state index contributed by atoms with van der Waals surface area (Å²) in [6.45, 7) is 0. The van der Waals surface area contributed by atoms with Gasteiger partial charge in [0.05, 0.1) is 11.1 Å². The summed E-state index contributed by atoms with van der Waals surface area (Å²) in [5.41, 5.74) is 0.190. The molecule has 0 bridgehead atoms. The summed E-state index contributed by atoms with van der Waals surface area (Å²) < 4.78 is 24.7. The van der Waals surface area contributed by atoms with Gasteiger partial charge in [0.15, 0.2) is 0 Å². The van der Waals surface area contributed by atoms with Crippen molar-refractivity contribution in [3.05, 3.63) is 83.4 Å². The number of halogens is 2. The van der Waals surface area contributed by atoms with Gasteiger partial charge in [-0.3, -0.25) is 0 Å². The van der Waals surface area contributed by atoms with E-state index in [1.54, 1.807) is 36.4 Å². The van der Waals surface area contributed by atoms with Crippen molar-refractivity contribution in [1.29, 1.82) is 10.5 Å². The Morgan fingerprint density at radius 3 is 1.27 bits per heavy atom. The van der Waals surface area contributed by atoms with Gasteiger partial charge in [-0.05, 0) is 24.3 Å². The van der Waals surface area contributed by atoms with Crippen molar-refractivity contribution in [1.82, 2.24) is 0 Å². The Morgan fingerprint density at radius 1 is 0.769 bits per heavy atom. The Bertz CT molecular complexity index is 796. The molecule has 0 fully saturated rings. The second-order valence-electron chi connectivity index (χ2n) is 4.19. The van der Waals surface area contributed by atoms with Crippen molar-refractivity contribution >= 4 is 11.9 Å². The quantitative estimate of drug-likeness (QED) is 0.795. The van der Waals surface area contributed by atoms with Crippen LogP contribution in [-0.2, 0) is 9.59 Å². The van der Waals surface area contributed by atoms with Crippen molar-refractivity contribution in [2.24, 2.45) is 0 Å². The predicted octanol–water partition coefficient (Wildman–Crippen LogP) is 3.11. The van der Waals surface area contributed by atoms with Gasteiger partial charge < -0.3 is 10.2 Å². The van der Waals surface area contributed by atoms with Crippen LogP contribution in [0.5, 0.6) is 0 Å². The summed E-state index contributed by atoms with van der Waals surface area (Å²) in [6, 6.07) is 15.2. The van der Waals surface area contributed by atoms with E-state index < -0.39 is 23.6 Å². The normalized spacial score (nSPS) is 8.77. The Balaban J connectivity index is 0.000000362. The minimum atomic E-state index is -1.26. The molecule has 6 nitrogen and oxygen atoms in total. The molecule has 2 aromatic carbocycles. The molecule has 0 aliphatic rings. The lowest BCUT2D eigenvalue weighted by atomic mass is 10.2. The molecule has 0 aliphatic heterocycles. The highest BCUT2D eigenvalue weighted by atomic mass is 19.1. The van der Waals surface area contributed by atoms with Gasteiger partial charge in [-0.1, -0.05) is 24.3 Å². The summed E-state index contributed by atoms with van der Waals surface area (Å²) in [5.74, 6) is -3.43. The van der Waals surface area contributed by atoms with Gasteiger partial charge in [0.2, 0.25) is 0 Å². The minimum absolute atomic E-state index is 0.0949. The second kappa shape index (κ2) is 12.4. The Labute approximate surface area is 147 Å². The molecule has 0 atom stereocenters. The van der Waals surface area contributed by atoms with Gasteiger partial charge in [-0.25, -0.2) is 18.4 Å². The molecule has 8 heteroatoms. The molecular weight excluding hydrogens is 346 g/mol. The molecule has 0 heterocycles. The van der Waals surface area contributed by atoms with Gasteiger partial charge >= 0.3 is 11.9 Å². The smallest absolute Gasteiger partial charge is 0.328 e. The highest BCUT2D eigenvalue weighted by Crippen LogP contribution is 2.03. The van der Waals surface area contributed by atoms with Crippen LogP contribution >= 0.6 is 0 Å². The van der Waals surface area contributed by atoms with Crippen molar-refractivity contribution in [3.8, 4) is 12.1 Å². The number of carboxylic acid groups (broad SMARTS) is 2. The van der Waals surface area contributed by atoms with Crippen LogP contribution in [0.15, 0.2) is 60.7 Å². The molecule has 0 radical (unpaired) electrons. The fourth-order valence-corrected chi connectivity index (χ4v) is 1.25. The van der Waals surface area contributed by atoms with Crippen LogP contribution in [0.4, 0.5) is 8.78 Å². The van der Waals surface area contributed by atoms with Crippen LogP contribution in [0, 0.1) is 34.3 Å². The molecule has 2 aromatic rings. The third-order valence-corrected chi connectivity index (χ3v) is 2.36. The molecule has 0 spiro atoms. The maximum absolute atomic E-state index is 12.4. The Hall–Kier alpha value is -4.04. The zero-order valence-corrected chi connectivity index (χ0v) is 13.1. The molecule has 2 N–H and O–H groups in total. The van der Waals surface area contributed by atoms with Gasteiger partial charge in [0.1, 0.15) is 23.8 Å². The van der Waals surface area contributed by atoms with E-state index in [1.165, 1.54) is 24.3 Å². The van der Waals surface area contributed by atoms with Gasteiger partial charge in [-0.2, -0.15) is 10.5 Å². The van der Waals surface area contributed by atoms with Crippen LogP contribution in [0.3, 0.4) is 0 Å². The summed E-state index contributed by atoms with van der Waals surface area (Å²) in [4.78, 5) is 19.1. The fourth-order valence-electron chi connectivity index (χ4n) is 1.25. The summed E-state index contributed by atoms with van der Waals surface area (Å²) >= 11 is 0. The van der Waals surface area contributed by atoms with Crippen molar-refractivity contribution in [3.63, 3.8) is 0 Å². The summed E-state index contributed by atoms with van der Waals surface area (Å²) in [7, 11) is 0. The highest BCUT2D eigenvalue weighted by molar-refractivity contribution is 5.89. The number of carbonyl (C=O) groups is 2. The zero-order chi connectivity index (χ0) is 19.9. The first-order chi connectivity index (χ1) is 12.3. The van der Waals surface area contributed by atoms with Crippen LogP contribution < -0.4 is 0 Å². The van der Waals surface area contributed by atoms with Crippen molar-refractivity contribution in [2.75, 3.05) is 0 Å². The number of hydrogen-bond acceptors (Lipinski definition) is 4. The van der Waals surface area contributed by atoms with Crippen LogP contribution in [0.2, 0.25) is 0 Å². The average molecular weight is 358 g/mol. The van der Waals surface area contributed by atoms with Crippen LogP contribution in [-0.4, -0.2) is 22.2 Å². The maximum Gasteiger partial charge on any atom is 0.328 e. The monoisotopic (exact) mass is 358 g/mol. The van der Waals surface area contributed by atoms with E-state index >= 15 is 0 Å². The van der Waals surface area contributed by atoms with Gasteiger partial charge in [0.25, 0.3) is 0 Å². The number of carboxylic acids is 2. The molecule has 0 amide bonds. The third kappa shape index (κ3) is 9.87. The van der Waals surface area contributed by atoms with E-state index in [0.29, 0.717) is 12.2 Å². The molecular formula is C18H12F2N2O4. The topological polar surface area (TPSA) is 122 Å². The molecule has 26 heavy (non-hydrogen) atoms. The number of hydrogen-bond donors (Lipinski definition) is 2. The number of nitrogens with zero attached hydrogens (tertiary/aromatic N) is 2. The predicted molar refractivity (Wildman–Crippen MR) is 86.6 cm³/mol. The number of rotatable bonds is 2. The van der Waals surface area contributed by atoms with Gasteiger partial charge in [0, 0.05) is 12.2 Å². The molecule has 2 rings (SSSR count). The molecule has 0 unspecified atom stereocenters. The first-order valence-electron chi connectivity index (χ1n) is 6.75. The highest BCUT2D eigenvalue weighted by Gasteiger charge is 1.95. The van der Waals surface area contributed by atoms with Crippen molar-refractivity contribution in [2.45, 2.75) is 0 Å². The molecule has 0 saturated carbocycles.